The first kappa shape index (κ1) is 15.3. The van der Waals surface area contributed by atoms with Gasteiger partial charge in [0.05, 0.1) is 25.8 Å². The number of benzene rings is 2. The van der Waals surface area contributed by atoms with E-state index in [0.717, 1.165) is 15.8 Å². The van der Waals surface area contributed by atoms with Crippen molar-refractivity contribution in [1.29, 1.82) is 0 Å². The lowest BCUT2D eigenvalue weighted by atomic mass is 10.1. The van der Waals surface area contributed by atoms with Gasteiger partial charge < -0.3 is 4.90 Å². The molecule has 0 unspecified atom stereocenters. The standard InChI is InChI=1S/C16H12Cl2N2OS/c1-20(8-10-2-4-12(17)13(18)6-10)16(21)11-3-5-14-15(7-11)22-9-19-14/h2-7,9H,8H2,1H3. The zero-order chi connectivity index (χ0) is 15.7. The molecular formula is C16H12Cl2N2OS. The fraction of sp³-hybridized carbons (Fsp3) is 0.125. The zero-order valence-corrected chi connectivity index (χ0v) is 14.0. The summed E-state index contributed by atoms with van der Waals surface area (Å²) in [7, 11) is 1.77. The first-order valence-electron chi connectivity index (χ1n) is 6.57. The molecule has 1 heterocycles. The van der Waals surface area contributed by atoms with Crippen molar-refractivity contribution in [3.8, 4) is 0 Å². The van der Waals surface area contributed by atoms with Gasteiger partial charge in [-0.1, -0.05) is 29.3 Å². The Bertz CT molecular complexity index is 847. The molecule has 112 valence electrons. The zero-order valence-electron chi connectivity index (χ0n) is 11.7. The van der Waals surface area contributed by atoms with Crippen LogP contribution < -0.4 is 0 Å². The number of hydrogen-bond acceptors (Lipinski definition) is 3. The molecule has 0 bridgehead atoms. The van der Waals surface area contributed by atoms with Crippen molar-refractivity contribution >= 4 is 50.7 Å². The number of amides is 1. The summed E-state index contributed by atoms with van der Waals surface area (Å²) in [6, 6.07) is 10.9. The number of carbonyl (C=O) groups excluding carboxylic acids is 1. The number of carbonyl (C=O) groups is 1. The highest BCUT2D eigenvalue weighted by Crippen LogP contribution is 2.24. The van der Waals surface area contributed by atoms with Gasteiger partial charge in [-0.25, -0.2) is 4.98 Å². The van der Waals surface area contributed by atoms with E-state index in [-0.39, 0.29) is 5.91 Å². The predicted octanol–water partition coefficient (Wildman–Crippen LogP) is 4.88. The SMILES string of the molecule is CN(Cc1ccc(Cl)c(Cl)c1)C(=O)c1ccc2ncsc2c1. The summed E-state index contributed by atoms with van der Waals surface area (Å²) in [6.07, 6.45) is 0. The summed E-state index contributed by atoms with van der Waals surface area (Å²) >= 11 is 13.4. The van der Waals surface area contributed by atoms with Crippen molar-refractivity contribution in [2.75, 3.05) is 7.05 Å². The van der Waals surface area contributed by atoms with Crippen LogP contribution in [-0.2, 0) is 6.54 Å². The molecule has 1 amide bonds. The van der Waals surface area contributed by atoms with Crippen LogP contribution in [0.4, 0.5) is 0 Å². The Balaban J connectivity index is 1.79. The van der Waals surface area contributed by atoms with Crippen molar-refractivity contribution in [2.45, 2.75) is 6.54 Å². The van der Waals surface area contributed by atoms with E-state index >= 15 is 0 Å². The molecule has 0 fully saturated rings. The Morgan fingerprint density at radius 2 is 2.00 bits per heavy atom. The molecule has 0 saturated heterocycles. The molecule has 3 aromatic rings. The Labute approximate surface area is 142 Å². The van der Waals surface area contributed by atoms with E-state index in [1.807, 2.05) is 18.2 Å². The predicted molar refractivity (Wildman–Crippen MR) is 91.9 cm³/mol. The fourth-order valence-corrected chi connectivity index (χ4v) is 3.23. The van der Waals surface area contributed by atoms with E-state index in [1.165, 1.54) is 11.3 Å². The van der Waals surface area contributed by atoms with E-state index < -0.39 is 0 Å². The molecule has 6 heteroatoms. The van der Waals surface area contributed by atoms with Crippen molar-refractivity contribution in [2.24, 2.45) is 0 Å². The maximum Gasteiger partial charge on any atom is 0.253 e. The first-order chi connectivity index (χ1) is 10.5. The number of halogens is 2. The van der Waals surface area contributed by atoms with Crippen LogP contribution in [0.15, 0.2) is 41.9 Å². The normalized spacial score (nSPS) is 10.9. The molecule has 0 atom stereocenters. The van der Waals surface area contributed by atoms with Crippen LogP contribution in [0.3, 0.4) is 0 Å². The Morgan fingerprint density at radius 1 is 1.18 bits per heavy atom. The molecular weight excluding hydrogens is 339 g/mol. The molecule has 0 N–H and O–H groups in total. The molecule has 0 aliphatic heterocycles. The van der Waals surface area contributed by atoms with Gasteiger partial charge in [0.1, 0.15) is 0 Å². The summed E-state index contributed by atoms with van der Waals surface area (Å²) in [5.41, 5.74) is 4.27. The van der Waals surface area contributed by atoms with Gasteiger partial charge >= 0.3 is 0 Å². The minimum Gasteiger partial charge on any atom is -0.337 e. The molecule has 3 nitrogen and oxygen atoms in total. The highest BCUT2D eigenvalue weighted by atomic mass is 35.5. The molecule has 3 rings (SSSR count). The number of nitrogens with zero attached hydrogens (tertiary/aromatic N) is 2. The lowest BCUT2D eigenvalue weighted by molar-refractivity contribution is 0.0785. The van der Waals surface area contributed by atoms with Crippen LogP contribution in [0.2, 0.25) is 10.0 Å². The van der Waals surface area contributed by atoms with E-state index in [9.17, 15) is 4.79 Å². The maximum atomic E-state index is 12.5. The molecule has 22 heavy (non-hydrogen) atoms. The lowest BCUT2D eigenvalue weighted by Crippen LogP contribution is -2.26. The number of aromatic nitrogens is 1. The van der Waals surface area contributed by atoms with Gasteiger partial charge in [-0.2, -0.15) is 0 Å². The smallest absolute Gasteiger partial charge is 0.253 e. The number of rotatable bonds is 3. The second-order valence-electron chi connectivity index (χ2n) is 4.94. The van der Waals surface area contributed by atoms with E-state index in [4.69, 9.17) is 23.2 Å². The van der Waals surface area contributed by atoms with Crippen molar-refractivity contribution < 1.29 is 4.79 Å². The summed E-state index contributed by atoms with van der Waals surface area (Å²) < 4.78 is 1.01. The third-order valence-electron chi connectivity index (χ3n) is 3.33. The highest BCUT2D eigenvalue weighted by Gasteiger charge is 2.13. The summed E-state index contributed by atoms with van der Waals surface area (Å²) in [5, 5.41) is 1.00. The van der Waals surface area contributed by atoms with Crippen molar-refractivity contribution in [1.82, 2.24) is 9.88 Å². The second-order valence-corrected chi connectivity index (χ2v) is 6.65. The molecule has 0 aliphatic rings. The molecule has 0 aliphatic carbocycles. The summed E-state index contributed by atoms with van der Waals surface area (Å²) in [5.74, 6) is -0.0404. The highest BCUT2D eigenvalue weighted by molar-refractivity contribution is 7.16. The average molecular weight is 351 g/mol. The first-order valence-corrected chi connectivity index (χ1v) is 8.21. The number of thiazole rings is 1. The Morgan fingerprint density at radius 3 is 2.77 bits per heavy atom. The Kier molecular flexibility index (Phi) is 4.34. The largest absolute Gasteiger partial charge is 0.337 e. The quantitative estimate of drug-likeness (QED) is 0.674. The number of fused-ring (bicyclic) bond motifs is 1. The van der Waals surface area contributed by atoms with Crippen LogP contribution >= 0.6 is 34.5 Å². The van der Waals surface area contributed by atoms with Gasteiger partial charge in [-0.05, 0) is 35.9 Å². The lowest BCUT2D eigenvalue weighted by Gasteiger charge is -2.17. The fourth-order valence-electron chi connectivity index (χ4n) is 2.19. The van der Waals surface area contributed by atoms with Crippen molar-refractivity contribution in [3.05, 3.63) is 63.1 Å². The second kappa shape index (κ2) is 6.24. The van der Waals surface area contributed by atoms with E-state index in [1.54, 1.807) is 35.7 Å². The third-order valence-corrected chi connectivity index (χ3v) is 4.86. The van der Waals surface area contributed by atoms with Crippen LogP contribution in [0.25, 0.3) is 10.2 Å². The average Bonchev–Trinajstić information content (AvgIpc) is 2.97. The number of hydrogen-bond donors (Lipinski definition) is 0. The minimum absolute atomic E-state index is 0.0404. The van der Waals surface area contributed by atoms with E-state index in [0.29, 0.717) is 22.2 Å². The van der Waals surface area contributed by atoms with Gasteiger partial charge in [-0.15, -0.1) is 11.3 Å². The van der Waals surface area contributed by atoms with Crippen LogP contribution in [-0.4, -0.2) is 22.8 Å². The molecule has 1 aromatic heterocycles. The van der Waals surface area contributed by atoms with Crippen molar-refractivity contribution in [3.63, 3.8) is 0 Å². The van der Waals surface area contributed by atoms with E-state index in [2.05, 4.69) is 4.98 Å². The Hall–Kier alpha value is -1.62. The van der Waals surface area contributed by atoms with Gasteiger partial charge in [-0.3, -0.25) is 4.79 Å². The molecule has 2 aromatic carbocycles. The van der Waals surface area contributed by atoms with Crippen LogP contribution in [0, 0.1) is 0 Å². The van der Waals surface area contributed by atoms with Gasteiger partial charge in [0.2, 0.25) is 0 Å². The van der Waals surface area contributed by atoms with Gasteiger partial charge in [0.25, 0.3) is 5.91 Å². The van der Waals surface area contributed by atoms with Crippen LogP contribution in [0.5, 0.6) is 0 Å². The summed E-state index contributed by atoms with van der Waals surface area (Å²) in [6.45, 7) is 0.469. The molecule has 0 spiro atoms. The molecule has 0 radical (unpaired) electrons. The maximum absolute atomic E-state index is 12.5. The molecule has 0 saturated carbocycles. The topological polar surface area (TPSA) is 33.2 Å². The van der Waals surface area contributed by atoms with Crippen LogP contribution in [0.1, 0.15) is 15.9 Å². The minimum atomic E-state index is -0.0404. The van der Waals surface area contributed by atoms with Gasteiger partial charge in [0.15, 0.2) is 0 Å². The third kappa shape index (κ3) is 3.09. The summed E-state index contributed by atoms with van der Waals surface area (Å²) in [4.78, 5) is 18.4. The monoisotopic (exact) mass is 350 g/mol. The van der Waals surface area contributed by atoms with Gasteiger partial charge in [0, 0.05) is 19.2 Å².